The lowest BCUT2D eigenvalue weighted by Crippen LogP contribution is -2.40. The minimum atomic E-state index is 0.0609. The van der Waals surface area contributed by atoms with E-state index in [-0.39, 0.29) is 11.3 Å². The van der Waals surface area contributed by atoms with Gasteiger partial charge in [-0.15, -0.1) is 0 Å². The van der Waals surface area contributed by atoms with Crippen LogP contribution in [0.2, 0.25) is 0 Å². The minimum Gasteiger partial charge on any atom is -0.381 e. The van der Waals surface area contributed by atoms with Crippen molar-refractivity contribution in [1.29, 1.82) is 0 Å². The van der Waals surface area contributed by atoms with Gasteiger partial charge in [-0.25, -0.2) is 9.97 Å². The van der Waals surface area contributed by atoms with E-state index in [0.717, 1.165) is 62.2 Å². The van der Waals surface area contributed by atoms with Crippen LogP contribution in [-0.4, -0.2) is 39.5 Å². The van der Waals surface area contributed by atoms with Gasteiger partial charge in [-0.1, -0.05) is 37.3 Å². The number of nitrogens with zero attached hydrogens (tertiary/aromatic N) is 4. The second kappa shape index (κ2) is 9.41. The van der Waals surface area contributed by atoms with Gasteiger partial charge >= 0.3 is 0 Å². The van der Waals surface area contributed by atoms with E-state index in [4.69, 9.17) is 19.8 Å². The predicted octanol–water partition coefficient (Wildman–Crippen LogP) is 4.87. The van der Waals surface area contributed by atoms with E-state index < -0.39 is 0 Å². The van der Waals surface area contributed by atoms with Gasteiger partial charge in [0.25, 0.3) is 0 Å². The Bertz CT molecular complexity index is 1050. The van der Waals surface area contributed by atoms with Gasteiger partial charge in [0.2, 0.25) is 0 Å². The van der Waals surface area contributed by atoms with E-state index in [1.54, 1.807) is 0 Å². The fourth-order valence-corrected chi connectivity index (χ4v) is 4.63. The van der Waals surface area contributed by atoms with Crippen LogP contribution in [0.25, 0.3) is 0 Å². The molecule has 0 aliphatic carbocycles. The fourth-order valence-electron chi connectivity index (χ4n) is 4.63. The molecule has 6 heteroatoms. The third-order valence-corrected chi connectivity index (χ3v) is 7.00. The summed E-state index contributed by atoms with van der Waals surface area (Å²) in [4.78, 5) is 9.44. The summed E-state index contributed by atoms with van der Waals surface area (Å²) < 4.78 is 7.79. The molecule has 1 atom stereocenters. The van der Waals surface area contributed by atoms with Gasteiger partial charge in [0.15, 0.2) is 0 Å². The molecule has 1 saturated heterocycles. The number of anilines is 1. The third-order valence-electron chi connectivity index (χ3n) is 7.00. The van der Waals surface area contributed by atoms with Crippen LogP contribution in [0.5, 0.6) is 0 Å². The molecule has 4 rings (SSSR count). The molecule has 1 N–H and O–H groups in total. The first kappa shape index (κ1) is 22.5. The summed E-state index contributed by atoms with van der Waals surface area (Å²) in [6.07, 6.45) is 2.02. The highest BCUT2D eigenvalue weighted by molar-refractivity contribution is 5.39. The van der Waals surface area contributed by atoms with Crippen molar-refractivity contribution < 1.29 is 4.74 Å². The molecular formula is C26H35N5O. The van der Waals surface area contributed by atoms with Crippen LogP contribution in [0, 0.1) is 27.7 Å². The molecule has 2 aromatic heterocycles. The molecular weight excluding hydrogens is 398 g/mol. The monoisotopic (exact) mass is 433 g/mol. The largest absolute Gasteiger partial charge is 0.381 e. The molecule has 0 amide bonds. The Labute approximate surface area is 191 Å². The zero-order valence-electron chi connectivity index (χ0n) is 20.0. The molecule has 0 saturated carbocycles. The molecule has 0 bridgehead atoms. The van der Waals surface area contributed by atoms with Gasteiger partial charge in [-0.2, -0.15) is 5.10 Å². The SMILES string of the molecule is Cc1nc(NCC2(c3ccccc3)CCOCC2)cc(C(C)Cn2nc(C)c(C)c2C)n1. The van der Waals surface area contributed by atoms with Crippen molar-refractivity contribution in [1.82, 2.24) is 19.7 Å². The van der Waals surface area contributed by atoms with Crippen molar-refractivity contribution >= 4 is 5.82 Å². The normalized spacial score (nSPS) is 16.7. The van der Waals surface area contributed by atoms with Crippen molar-refractivity contribution in [2.24, 2.45) is 0 Å². The van der Waals surface area contributed by atoms with Crippen molar-refractivity contribution in [3.63, 3.8) is 0 Å². The second-order valence-corrected chi connectivity index (χ2v) is 9.22. The van der Waals surface area contributed by atoms with E-state index in [2.05, 4.69) is 74.1 Å². The lowest BCUT2D eigenvalue weighted by Gasteiger charge is -2.38. The first-order valence-electron chi connectivity index (χ1n) is 11.6. The number of ether oxygens (including phenoxy) is 1. The first-order chi connectivity index (χ1) is 15.4. The summed E-state index contributed by atoms with van der Waals surface area (Å²) in [6.45, 7) is 13.7. The molecule has 1 aromatic carbocycles. The summed E-state index contributed by atoms with van der Waals surface area (Å²) in [5.41, 5.74) is 6.06. The van der Waals surface area contributed by atoms with E-state index in [0.29, 0.717) is 0 Å². The molecule has 6 nitrogen and oxygen atoms in total. The van der Waals surface area contributed by atoms with Crippen molar-refractivity contribution in [3.8, 4) is 0 Å². The Hall–Kier alpha value is -2.73. The average Bonchev–Trinajstić information content (AvgIpc) is 3.05. The highest BCUT2D eigenvalue weighted by atomic mass is 16.5. The predicted molar refractivity (Wildman–Crippen MR) is 128 cm³/mol. The Kier molecular flexibility index (Phi) is 6.60. The maximum atomic E-state index is 5.68. The van der Waals surface area contributed by atoms with Gasteiger partial charge in [0.1, 0.15) is 11.6 Å². The summed E-state index contributed by atoms with van der Waals surface area (Å²) in [6, 6.07) is 12.9. The molecule has 170 valence electrons. The molecule has 0 radical (unpaired) electrons. The summed E-state index contributed by atoms with van der Waals surface area (Å²) in [5, 5.41) is 8.36. The number of aryl methyl sites for hydroxylation is 2. The molecule has 1 aliphatic heterocycles. The maximum Gasteiger partial charge on any atom is 0.129 e. The zero-order chi connectivity index (χ0) is 22.7. The minimum absolute atomic E-state index is 0.0609. The summed E-state index contributed by atoms with van der Waals surface area (Å²) in [7, 11) is 0. The Morgan fingerprint density at radius 1 is 1.06 bits per heavy atom. The zero-order valence-corrected chi connectivity index (χ0v) is 20.0. The van der Waals surface area contributed by atoms with Gasteiger partial charge in [0, 0.05) is 49.4 Å². The Balaban J connectivity index is 1.52. The highest BCUT2D eigenvalue weighted by Gasteiger charge is 2.34. The lowest BCUT2D eigenvalue weighted by molar-refractivity contribution is 0.0543. The van der Waals surface area contributed by atoms with E-state index in [9.17, 15) is 0 Å². The smallest absolute Gasteiger partial charge is 0.129 e. The quantitative estimate of drug-likeness (QED) is 0.576. The molecule has 0 spiro atoms. The summed E-state index contributed by atoms with van der Waals surface area (Å²) >= 11 is 0. The van der Waals surface area contributed by atoms with Crippen molar-refractivity contribution in [2.75, 3.05) is 25.1 Å². The average molecular weight is 434 g/mol. The van der Waals surface area contributed by atoms with Crippen LogP contribution in [0.1, 0.15) is 59.7 Å². The topological polar surface area (TPSA) is 64.9 Å². The van der Waals surface area contributed by atoms with E-state index in [1.807, 2.05) is 6.92 Å². The third kappa shape index (κ3) is 4.70. The van der Waals surface area contributed by atoms with Crippen molar-refractivity contribution in [3.05, 3.63) is 70.4 Å². The van der Waals surface area contributed by atoms with E-state index >= 15 is 0 Å². The molecule has 3 aromatic rings. The van der Waals surface area contributed by atoms with E-state index in [1.165, 1.54) is 16.8 Å². The van der Waals surface area contributed by atoms with Gasteiger partial charge in [-0.05, 0) is 51.7 Å². The molecule has 32 heavy (non-hydrogen) atoms. The molecule has 1 fully saturated rings. The van der Waals surface area contributed by atoms with Crippen LogP contribution < -0.4 is 5.32 Å². The lowest BCUT2D eigenvalue weighted by atomic mass is 9.74. The number of rotatable bonds is 7. The van der Waals surface area contributed by atoms with Gasteiger partial charge in [0.05, 0.1) is 11.4 Å². The maximum absolute atomic E-state index is 5.68. The molecule has 1 aliphatic rings. The first-order valence-corrected chi connectivity index (χ1v) is 11.6. The fraction of sp³-hybridized carbons (Fsp3) is 0.500. The van der Waals surface area contributed by atoms with Crippen LogP contribution in [-0.2, 0) is 16.7 Å². The number of aromatic nitrogens is 4. The number of hydrogen-bond donors (Lipinski definition) is 1. The van der Waals surface area contributed by atoms with Crippen LogP contribution in [0.3, 0.4) is 0 Å². The van der Waals surface area contributed by atoms with Crippen molar-refractivity contribution in [2.45, 2.75) is 65.3 Å². The molecule has 1 unspecified atom stereocenters. The standard InChI is InChI=1S/C26H35N5O/c1-18(16-31-21(4)19(2)20(3)30-31)24-15-25(29-22(5)28-24)27-17-26(11-13-32-14-12-26)23-9-7-6-8-10-23/h6-10,15,18H,11-14,16-17H2,1-5H3,(H,27,28,29). The van der Waals surface area contributed by atoms with Crippen LogP contribution in [0.4, 0.5) is 5.82 Å². The second-order valence-electron chi connectivity index (χ2n) is 9.22. The van der Waals surface area contributed by atoms with Gasteiger partial charge in [-0.3, -0.25) is 4.68 Å². The Morgan fingerprint density at radius 3 is 2.44 bits per heavy atom. The highest BCUT2D eigenvalue weighted by Crippen LogP contribution is 2.35. The van der Waals surface area contributed by atoms with Crippen LogP contribution in [0.15, 0.2) is 36.4 Å². The molecule has 3 heterocycles. The number of benzene rings is 1. The Morgan fingerprint density at radius 2 is 1.78 bits per heavy atom. The summed E-state index contributed by atoms with van der Waals surface area (Å²) in [5.74, 6) is 1.92. The number of hydrogen-bond acceptors (Lipinski definition) is 5. The van der Waals surface area contributed by atoms with Gasteiger partial charge < -0.3 is 10.1 Å². The number of nitrogens with one attached hydrogen (secondary N) is 1. The van der Waals surface area contributed by atoms with Crippen LogP contribution >= 0.6 is 0 Å².